The van der Waals surface area contributed by atoms with Crippen molar-refractivity contribution in [2.45, 2.75) is 57.7 Å². The number of hydrogen-bond donors (Lipinski definition) is 3. The molecule has 0 aliphatic carbocycles. The molecule has 4 aliphatic heterocycles. The number of rotatable bonds is 8. The van der Waals surface area contributed by atoms with Gasteiger partial charge in [-0.25, -0.2) is 0 Å². The lowest BCUT2D eigenvalue weighted by molar-refractivity contribution is -0.136. The summed E-state index contributed by atoms with van der Waals surface area (Å²) in [6, 6.07) is 11.4. The van der Waals surface area contributed by atoms with Gasteiger partial charge in [0.05, 0.1) is 22.2 Å². The second-order valence-electron chi connectivity index (χ2n) is 14.0. The average molecular weight is 715 g/mol. The van der Waals surface area contributed by atoms with Gasteiger partial charge in [0.25, 0.3) is 23.3 Å². The first kappa shape index (κ1) is 34.1. The standard InChI is InChI=1S/C39H38N8O6/c1-2-23-16-31-32(43-35(23)49)15-22(18-40-31)20-45-12-9-24(10-13-45)25-3-6-30(41-19-25)36(50)42-26-11-14-46(21-26)27-4-5-28-29(17-27)39(53)47(38(28)52)33-7-8-34(48)44-37(33)51/h3-6,9,15-19,26,33H,2,7-8,10-14,20-21H2,1H3,(H,42,50)(H,43,49)(H,44,48,51)/t26-,33?/m0/s1. The number of aromatic amines is 1. The number of nitrogens with zero attached hydrogens (tertiary/aromatic N) is 5. The Morgan fingerprint density at radius 2 is 1.77 bits per heavy atom. The quantitative estimate of drug-likeness (QED) is 0.230. The van der Waals surface area contributed by atoms with E-state index in [1.54, 1.807) is 30.5 Å². The SMILES string of the molecule is CCc1cc2ncc(CN3CC=C(c4ccc(C(=O)N[C@H]5CCN(c6ccc7c(c6)C(=O)N(C6CCC(=O)NC6=O)C7=O)C5)nc4)CC3)cc2[nH]c1=O. The zero-order valence-corrected chi connectivity index (χ0v) is 29.2. The Morgan fingerprint density at radius 1 is 0.925 bits per heavy atom. The Bertz CT molecular complexity index is 2280. The minimum absolute atomic E-state index is 0.0608. The van der Waals surface area contributed by atoms with Gasteiger partial charge in [-0.05, 0) is 78.8 Å². The Hall–Kier alpha value is -6.02. The molecule has 1 unspecified atom stereocenters. The van der Waals surface area contributed by atoms with Crippen molar-refractivity contribution in [2.75, 3.05) is 31.1 Å². The number of carbonyl (C=O) groups is 5. The third-order valence-corrected chi connectivity index (χ3v) is 10.6. The van der Waals surface area contributed by atoms with Gasteiger partial charge in [0.2, 0.25) is 11.8 Å². The number of pyridine rings is 3. The fourth-order valence-electron chi connectivity index (χ4n) is 7.64. The van der Waals surface area contributed by atoms with E-state index in [-0.39, 0.29) is 41.5 Å². The minimum Gasteiger partial charge on any atom is -0.369 e. The van der Waals surface area contributed by atoms with Gasteiger partial charge >= 0.3 is 0 Å². The highest BCUT2D eigenvalue weighted by atomic mass is 16.2. The highest BCUT2D eigenvalue weighted by Gasteiger charge is 2.45. The van der Waals surface area contributed by atoms with Crippen LogP contribution in [0.1, 0.15) is 80.5 Å². The van der Waals surface area contributed by atoms with E-state index in [2.05, 4.69) is 36.6 Å². The van der Waals surface area contributed by atoms with Gasteiger partial charge in [0.15, 0.2) is 0 Å². The summed E-state index contributed by atoms with van der Waals surface area (Å²) >= 11 is 0. The summed E-state index contributed by atoms with van der Waals surface area (Å²) in [4.78, 5) is 93.1. The molecular formula is C39H38N8O6. The first-order chi connectivity index (χ1) is 25.6. The zero-order chi connectivity index (χ0) is 36.8. The predicted octanol–water partition coefficient (Wildman–Crippen LogP) is 2.58. The summed E-state index contributed by atoms with van der Waals surface area (Å²) in [5.74, 6) is -2.42. The van der Waals surface area contributed by atoms with Crippen LogP contribution in [0.3, 0.4) is 0 Å². The minimum atomic E-state index is -1.02. The molecule has 1 aromatic carbocycles. The number of anilines is 1. The molecule has 7 heterocycles. The summed E-state index contributed by atoms with van der Waals surface area (Å²) in [6.07, 6.45) is 8.14. The van der Waals surface area contributed by atoms with Gasteiger partial charge in [-0.1, -0.05) is 19.1 Å². The molecule has 4 aliphatic rings. The fraction of sp³-hybridized carbons (Fsp3) is 0.333. The first-order valence-corrected chi connectivity index (χ1v) is 17.9. The molecule has 3 aromatic heterocycles. The summed E-state index contributed by atoms with van der Waals surface area (Å²) in [5, 5.41) is 5.29. The summed E-state index contributed by atoms with van der Waals surface area (Å²) in [6.45, 7) is 5.42. The Morgan fingerprint density at radius 3 is 2.53 bits per heavy atom. The van der Waals surface area contributed by atoms with Crippen molar-refractivity contribution in [3.63, 3.8) is 0 Å². The molecule has 2 fully saturated rings. The molecule has 0 radical (unpaired) electrons. The van der Waals surface area contributed by atoms with Crippen LogP contribution in [-0.2, 0) is 22.6 Å². The first-order valence-electron chi connectivity index (χ1n) is 17.9. The van der Waals surface area contributed by atoms with Crippen LogP contribution in [0.5, 0.6) is 0 Å². The molecule has 14 nitrogen and oxygen atoms in total. The van der Waals surface area contributed by atoms with Crippen molar-refractivity contribution in [3.8, 4) is 0 Å². The third-order valence-electron chi connectivity index (χ3n) is 10.6. The fourth-order valence-corrected chi connectivity index (χ4v) is 7.64. The highest BCUT2D eigenvalue weighted by molar-refractivity contribution is 6.23. The average Bonchev–Trinajstić information content (AvgIpc) is 3.73. The number of nitrogens with one attached hydrogen (secondary N) is 3. The van der Waals surface area contributed by atoms with Gasteiger partial charge in [0, 0.05) is 68.8 Å². The van der Waals surface area contributed by atoms with Gasteiger partial charge < -0.3 is 15.2 Å². The summed E-state index contributed by atoms with van der Waals surface area (Å²) in [5.41, 5.74) is 6.90. The van der Waals surface area contributed by atoms with Crippen LogP contribution < -0.4 is 21.1 Å². The van der Waals surface area contributed by atoms with Crippen molar-refractivity contribution in [1.82, 2.24) is 35.4 Å². The predicted molar refractivity (Wildman–Crippen MR) is 195 cm³/mol. The second-order valence-corrected chi connectivity index (χ2v) is 14.0. The van der Waals surface area contributed by atoms with Crippen LogP contribution in [0.2, 0.25) is 0 Å². The molecular weight excluding hydrogens is 676 g/mol. The summed E-state index contributed by atoms with van der Waals surface area (Å²) in [7, 11) is 0. The molecule has 0 bridgehead atoms. The number of hydrogen-bond acceptors (Lipinski definition) is 10. The van der Waals surface area contributed by atoms with Crippen LogP contribution in [0.25, 0.3) is 16.6 Å². The van der Waals surface area contributed by atoms with E-state index in [0.717, 1.165) is 57.8 Å². The van der Waals surface area contributed by atoms with Crippen molar-refractivity contribution in [1.29, 1.82) is 0 Å². The number of fused-ring (bicyclic) bond motifs is 2. The van der Waals surface area contributed by atoms with Crippen LogP contribution >= 0.6 is 0 Å². The summed E-state index contributed by atoms with van der Waals surface area (Å²) < 4.78 is 0. The second kappa shape index (κ2) is 13.8. The van der Waals surface area contributed by atoms with Crippen molar-refractivity contribution in [2.24, 2.45) is 0 Å². The zero-order valence-electron chi connectivity index (χ0n) is 29.2. The van der Waals surface area contributed by atoms with E-state index in [9.17, 15) is 28.8 Å². The number of aromatic nitrogens is 3. The van der Waals surface area contributed by atoms with Crippen LogP contribution in [0, 0.1) is 0 Å². The van der Waals surface area contributed by atoms with E-state index in [1.807, 2.05) is 36.2 Å². The maximum atomic E-state index is 13.3. The molecule has 270 valence electrons. The van der Waals surface area contributed by atoms with Crippen LogP contribution in [0.15, 0.2) is 65.7 Å². The van der Waals surface area contributed by atoms with Crippen LogP contribution in [0.4, 0.5) is 5.69 Å². The largest absolute Gasteiger partial charge is 0.369 e. The van der Waals surface area contributed by atoms with Gasteiger partial charge in [-0.3, -0.25) is 53.9 Å². The lowest BCUT2D eigenvalue weighted by atomic mass is 10.0. The van der Waals surface area contributed by atoms with Gasteiger partial charge in [-0.2, -0.15) is 0 Å². The molecule has 0 saturated carbocycles. The molecule has 53 heavy (non-hydrogen) atoms. The Labute approximate surface area is 304 Å². The molecule has 5 amide bonds. The maximum Gasteiger partial charge on any atom is 0.270 e. The topological polar surface area (TPSA) is 178 Å². The lowest BCUT2D eigenvalue weighted by Crippen LogP contribution is -2.54. The normalized spacial score (nSPS) is 20.5. The smallest absolute Gasteiger partial charge is 0.270 e. The molecule has 2 saturated heterocycles. The van der Waals surface area contributed by atoms with Crippen molar-refractivity contribution < 1.29 is 24.0 Å². The number of imide groups is 2. The number of amides is 5. The number of benzene rings is 1. The molecule has 0 spiro atoms. The molecule has 8 rings (SSSR count). The van der Waals surface area contributed by atoms with Crippen molar-refractivity contribution >= 4 is 51.8 Å². The molecule has 3 N–H and O–H groups in total. The third kappa shape index (κ3) is 6.61. The number of piperidine rings is 1. The molecule has 2 atom stereocenters. The lowest BCUT2D eigenvalue weighted by Gasteiger charge is -2.27. The number of carbonyl (C=O) groups excluding carboxylic acids is 5. The van der Waals surface area contributed by atoms with Gasteiger partial charge in [-0.15, -0.1) is 0 Å². The highest BCUT2D eigenvalue weighted by Crippen LogP contribution is 2.32. The Balaban J connectivity index is 0.848. The molecule has 4 aromatic rings. The van der Waals surface area contributed by atoms with E-state index in [1.165, 1.54) is 5.57 Å². The van der Waals surface area contributed by atoms with Gasteiger partial charge in [0.1, 0.15) is 11.7 Å². The van der Waals surface area contributed by atoms with Crippen LogP contribution in [-0.4, -0.2) is 92.6 Å². The molecule has 14 heteroatoms. The number of aryl methyl sites for hydroxylation is 1. The van der Waals surface area contributed by atoms with E-state index in [4.69, 9.17) is 0 Å². The van der Waals surface area contributed by atoms with E-state index >= 15 is 0 Å². The monoisotopic (exact) mass is 714 g/mol. The van der Waals surface area contributed by atoms with Crippen molar-refractivity contribution in [3.05, 3.63) is 105 Å². The van der Waals surface area contributed by atoms with E-state index in [0.29, 0.717) is 38.2 Å². The number of H-pyrrole nitrogens is 1. The maximum absolute atomic E-state index is 13.3. The Kier molecular flexibility index (Phi) is 8.90. The van der Waals surface area contributed by atoms with E-state index < -0.39 is 29.7 Å².